The number of anilines is 2. The Kier molecular flexibility index (Phi) is 10.0. The third-order valence-corrected chi connectivity index (χ3v) is 9.97. The maximum Gasteiger partial charge on any atom is 0.264 e. The van der Waals surface area contributed by atoms with E-state index in [1.165, 1.54) is 12.1 Å². The summed E-state index contributed by atoms with van der Waals surface area (Å²) in [6.07, 6.45) is 4.89. The molecule has 0 saturated carbocycles. The van der Waals surface area contributed by atoms with Crippen molar-refractivity contribution in [2.45, 2.75) is 84.8 Å². The molecule has 0 radical (unpaired) electrons. The van der Waals surface area contributed by atoms with Gasteiger partial charge in [0.25, 0.3) is 15.9 Å². The van der Waals surface area contributed by atoms with Crippen molar-refractivity contribution in [2.24, 2.45) is 5.41 Å². The monoisotopic (exact) mass is 671 g/mol. The van der Waals surface area contributed by atoms with Crippen LogP contribution in [0.15, 0.2) is 65.8 Å². The van der Waals surface area contributed by atoms with Crippen molar-refractivity contribution in [3.63, 3.8) is 0 Å². The van der Waals surface area contributed by atoms with Gasteiger partial charge in [-0.05, 0) is 68.4 Å². The Morgan fingerprint density at radius 2 is 1.75 bits per heavy atom. The first-order valence-electron chi connectivity index (χ1n) is 16.2. The summed E-state index contributed by atoms with van der Waals surface area (Å²) in [5, 5.41) is 0. The molecule has 4 bridgehead atoms. The number of carbonyl (C=O) groups is 1. The van der Waals surface area contributed by atoms with E-state index in [2.05, 4.69) is 59.2 Å². The Labute approximate surface area is 283 Å². The molecule has 0 saturated heterocycles. The maximum atomic E-state index is 14.5. The van der Waals surface area contributed by atoms with Crippen LogP contribution in [0.5, 0.6) is 5.88 Å². The van der Waals surface area contributed by atoms with Gasteiger partial charge in [-0.3, -0.25) is 9.78 Å². The lowest BCUT2D eigenvalue weighted by Crippen LogP contribution is -2.45. The third kappa shape index (κ3) is 7.92. The number of fused-ring (bicyclic) bond motifs is 4. The van der Waals surface area contributed by atoms with Gasteiger partial charge in [0.1, 0.15) is 12.4 Å². The number of benzene rings is 2. The van der Waals surface area contributed by atoms with E-state index in [-0.39, 0.29) is 52.8 Å². The molecule has 0 fully saturated rings. The zero-order valence-electron chi connectivity index (χ0n) is 29.0. The molecule has 0 spiro atoms. The van der Waals surface area contributed by atoms with Crippen LogP contribution in [0.4, 0.5) is 11.8 Å². The number of rotatable bonds is 7. The largest absolute Gasteiger partial charge is 0.475 e. The van der Waals surface area contributed by atoms with Crippen LogP contribution in [0.3, 0.4) is 0 Å². The lowest BCUT2D eigenvalue weighted by atomic mass is 9.87. The SMILES string of the molecule is CC[C@H](C)N(C)c1cncc(CN2C(=O)c3cccc(c3)S(=O)(=O)Nc3nc(cc(-c4c(C)cccc4C)n3)OC[C@H]2CC(C)(C)C)n1. The number of amides is 1. The van der Waals surface area contributed by atoms with E-state index < -0.39 is 16.1 Å². The van der Waals surface area contributed by atoms with Crippen LogP contribution in [0, 0.1) is 19.3 Å². The van der Waals surface area contributed by atoms with Crippen molar-refractivity contribution in [1.29, 1.82) is 0 Å². The van der Waals surface area contributed by atoms with Gasteiger partial charge in [-0.1, -0.05) is 52.0 Å². The first kappa shape index (κ1) is 34.7. The quantitative estimate of drug-likeness (QED) is 0.236. The summed E-state index contributed by atoms with van der Waals surface area (Å²) in [4.78, 5) is 36.6. The van der Waals surface area contributed by atoms with Crippen molar-refractivity contribution in [1.82, 2.24) is 24.8 Å². The summed E-state index contributed by atoms with van der Waals surface area (Å²) in [7, 11) is -2.20. The second kappa shape index (κ2) is 13.9. The van der Waals surface area contributed by atoms with Crippen LogP contribution in [0.2, 0.25) is 0 Å². The molecule has 11 nitrogen and oxygen atoms in total. The molecule has 1 aliphatic rings. The molecular weight excluding hydrogens is 627 g/mol. The van der Waals surface area contributed by atoms with E-state index in [0.717, 1.165) is 23.1 Å². The minimum Gasteiger partial charge on any atom is -0.475 e. The van der Waals surface area contributed by atoms with Crippen molar-refractivity contribution in [3.05, 3.63) is 83.3 Å². The minimum absolute atomic E-state index is 0.0829. The average Bonchev–Trinajstić information content (AvgIpc) is 3.03. The maximum absolute atomic E-state index is 14.5. The number of nitrogens with one attached hydrogen (secondary N) is 1. The van der Waals surface area contributed by atoms with Gasteiger partial charge in [-0.2, -0.15) is 4.98 Å². The fourth-order valence-corrected chi connectivity index (χ4v) is 6.85. The minimum atomic E-state index is -4.18. The first-order valence-corrected chi connectivity index (χ1v) is 17.7. The van der Waals surface area contributed by atoms with Crippen LogP contribution in [-0.4, -0.2) is 64.9 Å². The summed E-state index contributed by atoms with van der Waals surface area (Å²) < 4.78 is 36.3. The highest BCUT2D eigenvalue weighted by Gasteiger charge is 2.32. The van der Waals surface area contributed by atoms with Gasteiger partial charge in [-0.25, -0.2) is 23.1 Å². The fraction of sp³-hybridized carbons (Fsp3) is 0.417. The number of aryl methyl sites for hydroxylation is 2. The lowest BCUT2D eigenvalue weighted by molar-refractivity contribution is 0.0509. The Balaban J connectivity index is 1.65. The topological polar surface area (TPSA) is 131 Å². The van der Waals surface area contributed by atoms with Gasteiger partial charge in [-0.15, -0.1) is 0 Å². The number of sulfonamides is 1. The molecule has 2 aromatic carbocycles. The molecule has 1 aliphatic heterocycles. The Morgan fingerprint density at radius 3 is 2.44 bits per heavy atom. The third-order valence-electron chi connectivity index (χ3n) is 8.65. The predicted octanol–water partition coefficient (Wildman–Crippen LogP) is 6.43. The zero-order valence-corrected chi connectivity index (χ0v) is 29.8. The molecule has 0 aliphatic carbocycles. The molecule has 1 amide bonds. The van der Waals surface area contributed by atoms with E-state index in [9.17, 15) is 13.2 Å². The van der Waals surface area contributed by atoms with E-state index in [1.54, 1.807) is 35.5 Å². The fourth-order valence-electron chi connectivity index (χ4n) is 5.86. The van der Waals surface area contributed by atoms with Crippen molar-refractivity contribution in [2.75, 3.05) is 23.3 Å². The van der Waals surface area contributed by atoms with Gasteiger partial charge in [0.15, 0.2) is 0 Å². The molecule has 0 unspecified atom stereocenters. The number of ether oxygens (including phenoxy) is 1. The normalized spacial score (nSPS) is 16.9. The molecule has 2 atom stereocenters. The highest BCUT2D eigenvalue weighted by Crippen LogP contribution is 2.32. The van der Waals surface area contributed by atoms with Gasteiger partial charge in [0.05, 0.1) is 41.3 Å². The Morgan fingerprint density at radius 1 is 1.04 bits per heavy atom. The average molecular weight is 672 g/mol. The van der Waals surface area contributed by atoms with Crippen LogP contribution in [-0.2, 0) is 16.6 Å². The number of carbonyl (C=O) groups excluding carboxylic acids is 1. The van der Waals surface area contributed by atoms with Gasteiger partial charge in [0, 0.05) is 30.3 Å². The Bertz CT molecular complexity index is 1890. The van der Waals surface area contributed by atoms with Crippen LogP contribution < -0.4 is 14.4 Å². The predicted molar refractivity (Wildman–Crippen MR) is 188 cm³/mol. The van der Waals surface area contributed by atoms with Crippen LogP contribution >= 0.6 is 0 Å². The van der Waals surface area contributed by atoms with Crippen molar-refractivity contribution in [3.8, 4) is 17.1 Å². The molecule has 1 N–H and O–H groups in total. The molecule has 254 valence electrons. The zero-order chi connectivity index (χ0) is 34.8. The number of hydrogen-bond acceptors (Lipinski definition) is 9. The van der Waals surface area contributed by atoms with E-state index in [4.69, 9.17) is 9.72 Å². The first-order chi connectivity index (χ1) is 22.6. The van der Waals surface area contributed by atoms with Crippen LogP contribution in [0.25, 0.3) is 11.3 Å². The van der Waals surface area contributed by atoms with Crippen molar-refractivity contribution >= 4 is 27.7 Å². The summed E-state index contributed by atoms with van der Waals surface area (Å²) in [6.45, 7) is 14.7. The lowest BCUT2D eigenvalue weighted by Gasteiger charge is -2.35. The van der Waals surface area contributed by atoms with Gasteiger partial charge >= 0.3 is 0 Å². The molecule has 3 heterocycles. The highest BCUT2D eigenvalue weighted by molar-refractivity contribution is 7.92. The molecule has 4 aromatic rings. The molecule has 5 rings (SSSR count). The second-order valence-corrected chi connectivity index (χ2v) is 15.4. The molecule has 2 aromatic heterocycles. The molecule has 48 heavy (non-hydrogen) atoms. The van der Waals surface area contributed by atoms with Gasteiger partial charge in [0.2, 0.25) is 11.8 Å². The summed E-state index contributed by atoms with van der Waals surface area (Å²) in [6, 6.07) is 13.5. The summed E-state index contributed by atoms with van der Waals surface area (Å²) in [5.41, 5.74) is 3.97. The number of hydrogen-bond donors (Lipinski definition) is 1. The molecular formula is C36H45N7O4S. The van der Waals surface area contributed by atoms with E-state index >= 15 is 0 Å². The standard InChI is InChI=1S/C36H45N7O4S/c1-9-25(4)42(8)31-20-37-19-27(38-31)21-43-28(18-36(5,6)7)22-47-32-17-30(33-23(2)12-10-13-24(33)3)39-35(40-32)41-48(45,46)29-15-11-14-26(16-29)34(43)44/h10-17,19-20,25,28H,9,18,21-22H2,1-8H3,(H,39,40,41)/t25-,28+/m0/s1. The van der Waals surface area contributed by atoms with Crippen LogP contribution in [0.1, 0.15) is 74.6 Å². The smallest absolute Gasteiger partial charge is 0.264 e. The van der Waals surface area contributed by atoms with E-state index in [0.29, 0.717) is 23.6 Å². The number of nitrogens with zero attached hydrogens (tertiary/aromatic N) is 6. The van der Waals surface area contributed by atoms with E-state index in [1.807, 2.05) is 39.1 Å². The van der Waals surface area contributed by atoms with Crippen molar-refractivity contribution < 1.29 is 17.9 Å². The summed E-state index contributed by atoms with van der Waals surface area (Å²) >= 11 is 0. The number of aromatic nitrogens is 4. The second-order valence-electron chi connectivity index (χ2n) is 13.7. The van der Waals surface area contributed by atoms with Gasteiger partial charge < -0.3 is 14.5 Å². The molecule has 12 heteroatoms. The Hall–Kier alpha value is -4.58. The highest BCUT2D eigenvalue weighted by atomic mass is 32.2. The summed E-state index contributed by atoms with van der Waals surface area (Å²) in [5.74, 6) is 0.425.